The Morgan fingerprint density at radius 2 is 1.75 bits per heavy atom. The van der Waals surface area contributed by atoms with Gasteiger partial charge in [0.15, 0.2) is 0 Å². The molecule has 2 aromatic carbocycles. The molecule has 2 rings (SSSR count). The molecule has 0 fully saturated rings. The smallest absolute Gasteiger partial charge is 0.295 e. The molecule has 0 saturated heterocycles. The number of benzene rings is 2. The summed E-state index contributed by atoms with van der Waals surface area (Å²) in [6.45, 7) is 1.75. The topological polar surface area (TPSA) is 80.4 Å². The number of aryl methyl sites for hydroxylation is 1. The zero-order valence-corrected chi connectivity index (χ0v) is 11.8. The second kappa shape index (κ2) is 5.48. The summed E-state index contributed by atoms with van der Waals surface area (Å²) in [6.07, 6.45) is 3.44. The third kappa shape index (κ3) is 3.26. The van der Waals surface area contributed by atoms with Crippen molar-refractivity contribution in [3.05, 3.63) is 59.2 Å². The minimum Gasteiger partial charge on any atom is -0.399 e. The van der Waals surface area contributed by atoms with Gasteiger partial charge in [0.2, 0.25) is 0 Å². The maximum Gasteiger partial charge on any atom is 0.295 e. The van der Waals surface area contributed by atoms with E-state index in [1.54, 1.807) is 25.1 Å². The highest BCUT2D eigenvalue weighted by Crippen LogP contribution is 2.25. The molecule has 20 heavy (non-hydrogen) atoms. The number of hydrogen-bond acceptors (Lipinski definition) is 3. The fraction of sp³-hybridized carbons (Fsp3) is 0.0667. The quantitative estimate of drug-likeness (QED) is 0.517. The second-order valence-electron chi connectivity index (χ2n) is 4.47. The van der Waals surface area contributed by atoms with E-state index < -0.39 is 10.1 Å². The highest BCUT2D eigenvalue weighted by atomic mass is 32.2. The molecule has 0 heterocycles. The molecule has 0 amide bonds. The predicted molar refractivity (Wildman–Crippen MR) is 80.8 cm³/mol. The molecular formula is C15H15NO3S. The third-order valence-electron chi connectivity index (χ3n) is 2.89. The van der Waals surface area contributed by atoms with Gasteiger partial charge in [-0.25, -0.2) is 0 Å². The van der Waals surface area contributed by atoms with E-state index in [9.17, 15) is 13.0 Å². The van der Waals surface area contributed by atoms with E-state index in [1.807, 2.05) is 30.3 Å². The van der Waals surface area contributed by atoms with Crippen LogP contribution in [0.25, 0.3) is 12.2 Å². The van der Waals surface area contributed by atoms with Crippen LogP contribution in [0.2, 0.25) is 0 Å². The maximum absolute atomic E-state index is 11.4. The van der Waals surface area contributed by atoms with Crippen LogP contribution in [-0.2, 0) is 10.1 Å². The Kier molecular flexibility index (Phi) is 3.92. The lowest BCUT2D eigenvalue weighted by Gasteiger charge is -2.08. The molecule has 0 spiro atoms. The summed E-state index contributed by atoms with van der Waals surface area (Å²) >= 11 is 0. The molecular weight excluding hydrogens is 274 g/mol. The molecule has 0 aliphatic heterocycles. The predicted octanol–water partition coefficient (Wildman–Crippen LogP) is 2.99. The number of anilines is 1. The summed E-state index contributed by atoms with van der Waals surface area (Å²) in [7, 11) is -4.31. The molecule has 104 valence electrons. The van der Waals surface area contributed by atoms with Crippen LogP contribution in [0.4, 0.5) is 5.69 Å². The van der Waals surface area contributed by atoms with Crippen molar-refractivity contribution in [2.24, 2.45) is 0 Å². The standard InChI is InChI=1S/C15H15NO3S/c1-11-9-13(16)10-15(20(17,18)19)14(11)8-7-12-5-3-2-4-6-12/h2-10H,16H2,1H3,(H,17,18,19). The van der Waals surface area contributed by atoms with Gasteiger partial charge < -0.3 is 5.73 Å². The van der Waals surface area contributed by atoms with Gasteiger partial charge >= 0.3 is 0 Å². The molecule has 0 aliphatic carbocycles. The van der Waals surface area contributed by atoms with Gasteiger partial charge in [-0.1, -0.05) is 42.5 Å². The van der Waals surface area contributed by atoms with Gasteiger partial charge in [0.25, 0.3) is 10.1 Å². The van der Waals surface area contributed by atoms with Gasteiger partial charge in [-0.2, -0.15) is 8.42 Å². The molecule has 0 bridgehead atoms. The molecule has 4 nitrogen and oxygen atoms in total. The van der Waals surface area contributed by atoms with Crippen molar-refractivity contribution in [1.82, 2.24) is 0 Å². The van der Waals surface area contributed by atoms with Gasteiger partial charge in [-0.3, -0.25) is 4.55 Å². The first kappa shape index (κ1) is 14.3. The van der Waals surface area contributed by atoms with E-state index in [4.69, 9.17) is 5.73 Å². The van der Waals surface area contributed by atoms with Crippen LogP contribution < -0.4 is 5.73 Å². The summed E-state index contributed by atoms with van der Waals surface area (Å²) in [5.74, 6) is 0. The van der Waals surface area contributed by atoms with E-state index in [1.165, 1.54) is 6.07 Å². The van der Waals surface area contributed by atoms with Crippen LogP contribution in [0.5, 0.6) is 0 Å². The molecule has 5 heteroatoms. The minimum absolute atomic E-state index is 0.179. The lowest BCUT2D eigenvalue weighted by molar-refractivity contribution is 0.483. The SMILES string of the molecule is Cc1cc(N)cc(S(=O)(=O)O)c1C=Cc1ccccc1. The largest absolute Gasteiger partial charge is 0.399 e. The van der Waals surface area contributed by atoms with Crippen molar-refractivity contribution >= 4 is 28.0 Å². The lowest BCUT2D eigenvalue weighted by Crippen LogP contribution is -2.04. The molecule has 3 N–H and O–H groups in total. The van der Waals surface area contributed by atoms with Gasteiger partial charge in [0.1, 0.15) is 4.90 Å². The van der Waals surface area contributed by atoms with Crippen LogP contribution in [0.1, 0.15) is 16.7 Å². The molecule has 2 aromatic rings. The monoisotopic (exact) mass is 289 g/mol. The highest BCUT2D eigenvalue weighted by molar-refractivity contribution is 7.86. The first-order chi connectivity index (χ1) is 9.38. The van der Waals surface area contributed by atoms with Crippen molar-refractivity contribution in [1.29, 1.82) is 0 Å². The Balaban J connectivity index is 2.54. The van der Waals surface area contributed by atoms with Crippen molar-refractivity contribution in [2.75, 3.05) is 5.73 Å². The Morgan fingerprint density at radius 3 is 2.35 bits per heavy atom. The first-order valence-electron chi connectivity index (χ1n) is 5.98. The Hall–Kier alpha value is -2.11. The maximum atomic E-state index is 11.4. The van der Waals surface area contributed by atoms with Crippen molar-refractivity contribution < 1.29 is 13.0 Å². The van der Waals surface area contributed by atoms with Crippen LogP contribution in [0.15, 0.2) is 47.4 Å². The number of nitrogen functional groups attached to an aromatic ring is 1. The van der Waals surface area contributed by atoms with Crippen LogP contribution in [0, 0.1) is 6.92 Å². The number of hydrogen-bond donors (Lipinski definition) is 2. The number of rotatable bonds is 3. The van der Waals surface area contributed by atoms with Crippen LogP contribution >= 0.6 is 0 Å². The van der Waals surface area contributed by atoms with Crippen LogP contribution in [0.3, 0.4) is 0 Å². The van der Waals surface area contributed by atoms with E-state index in [-0.39, 0.29) is 4.90 Å². The summed E-state index contributed by atoms with van der Waals surface area (Å²) in [5, 5.41) is 0. The number of nitrogens with two attached hydrogens (primary N) is 1. The zero-order chi connectivity index (χ0) is 14.8. The van der Waals surface area contributed by atoms with Crippen molar-refractivity contribution in [3.63, 3.8) is 0 Å². The Bertz CT molecular complexity index is 750. The lowest BCUT2D eigenvalue weighted by atomic mass is 10.1. The Labute approximate surface area is 118 Å². The van der Waals surface area contributed by atoms with Crippen molar-refractivity contribution in [2.45, 2.75) is 11.8 Å². The highest BCUT2D eigenvalue weighted by Gasteiger charge is 2.16. The second-order valence-corrected chi connectivity index (χ2v) is 5.86. The molecule has 0 aromatic heterocycles. The van der Waals surface area contributed by atoms with Crippen molar-refractivity contribution in [3.8, 4) is 0 Å². The average Bonchev–Trinajstić information content (AvgIpc) is 2.37. The summed E-state index contributed by atoms with van der Waals surface area (Å²) in [6, 6.07) is 12.4. The third-order valence-corrected chi connectivity index (χ3v) is 3.78. The van der Waals surface area contributed by atoms with Crippen LogP contribution in [-0.4, -0.2) is 13.0 Å². The van der Waals surface area contributed by atoms with E-state index in [0.29, 0.717) is 16.8 Å². The van der Waals surface area contributed by atoms with E-state index in [0.717, 1.165) is 5.56 Å². The van der Waals surface area contributed by atoms with E-state index in [2.05, 4.69) is 0 Å². The fourth-order valence-corrected chi connectivity index (χ4v) is 2.76. The summed E-state index contributed by atoms with van der Waals surface area (Å²) in [4.78, 5) is -0.179. The molecule has 0 unspecified atom stereocenters. The minimum atomic E-state index is -4.31. The summed E-state index contributed by atoms with van der Waals surface area (Å²) < 4.78 is 32.2. The Morgan fingerprint density at radius 1 is 1.10 bits per heavy atom. The van der Waals surface area contributed by atoms with Gasteiger partial charge in [-0.15, -0.1) is 0 Å². The van der Waals surface area contributed by atoms with Gasteiger partial charge in [0, 0.05) is 5.69 Å². The van der Waals surface area contributed by atoms with E-state index >= 15 is 0 Å². The molecule has 0 radical (unpaired) electrons. The summed E-state index contributed by atoms with van der Waals surface area (Å²) in [5.41, 5.74) is 7.99. The normalized spacial score (nSPS) is 11.9. The fourth-order valence-electron chi connectivity index (χ4n) is 1.96. The molecule has 0 aliphatic rings. The first-order valence-corrected chi connectivity index (χ1v) is 7.42. The van der Waals surface area contributed by atoms with Gasteiger partial charge in [-0.05, 0) is 35.7 Å². The van der Waals surface area contributed by atoms with Gasteiger partial charge in [0.05, 0.1) is 0 Å². The molecule has 0 atom stereocenters. The molecule has 0 saturated carbocycles. The average molecular weight is 289 g/mol. The zero-order valence-electron chi connectivity index (χ0n) is 10.9.